The summed E-state index contributed by atoms with van der Waals surface area (Å²) in [4.78, 5) is 24.4. The normalized spacial score (nSPS) is 9.42. The van der Waals surface area contributed by atoms with Crippen LogP contribution in [0.3, 0.4) is 0 Å². The van der Waals surface area contributed by atoms with Crippen LogP contribution in [-0.2, 0) is 4.79 Å². The van der Waals surface area contributed by atoms with Crippen molar-refractivity contribution in [3.63, 3.8) is 0 Å². The number of nitrogens with two attached hydrogens (primary N) is 1. The van der Waals surface area contributed by atoms with Crippen LogP contribution in [0, 0.1) is 18.8 Å². The summed E-state index contributed by atoms with van der Waals surface area (Å²) in [6, 6.07) is 1.76. The molecule has 2 amide bonds. The molecule has 1 aromatic rings. The minimum atomic E-state index is -0.264. The number of aryl methyl sites for hydroxylation is 1. The van der Waals surface area contributed by atoms with Crippen molar-refractivity contribution in [2.45, 2.75) is 13.8 Å². The molecule has 0 spiro atoms. The number of nitrogens with one attached hydrogen (secondary N) is 2. The van der Waals surface area contributed by atoms with Crippen LogP contribution in [0.15, 0.2) is 6.07 Å². The van der Waals surface area contributed by atoms with E-state index < -0.39 is 0 Å². The fourth-order valence-corrected chi connectivity index (χ4v) is 2.32. The van der Waals surface area contributed by atoms with E-state index in [4.69, 9.17) is 5.73 Å². The molecular weight excluding hydrogens is 262 g/mol. The molecule has 1 rings (SSSR count). The molecule has 0 atom stereocenters. The summed E-state index contributed by atoms with van der Waals surface area (Å²) >= 11 is 1.30. The van der Waals surface area contributed by atoms with Gasteiger partial charge in [-0.3, -0.25) is 9.59 Å². The van der Waals surface area contributed by atoms with Crippen molar-refractivity contribution in [1.82, 2.24) is 10.6 Å². The first-order chi connectivity index (χ1) is 9.08. The molecule has 19 heavy (non-hydrogen) atoms. The zero-order valence-electron chi connectivity index (χ0n) is 11.0. The van der Waals surface area contributed by atoms with Gasteiger partial charge in [-0.05, 0) is 25.5 Å². The monoisotopic (exact) mass is 279 g/mol. The van der Waals surface area contributed by atoms with Crippen molar-refractivity contribution in [3.8, 4) is 11.8 Å². The number of likely N-dealkylation sites (N-methyl/N-ethyl adjacent to an activating group) is 1. The Bertz CT molecular complexity index is 526. The first-order valence-electron chi connectivity index (χ1n) is 5.92. The Balaban J connectivity index is 2.65. The third kappa shape index (κ3) is 4.73. The first kappa shape index (κ1) is 15.2. The van der Waals surface area contributed by atoms with Gasteiger partial charge in [-0.2, -0.15) is 0 Å². The van der Waals surface area contributed by atoms with Crippen molar-refractivity contribution in [3.05, 3.63) is 21.4 Å². The minimum Gasteiger partial charge on any atom is -0.355 e. The molecule has 0 unspecified atom stereocenters. The second kappa shape index (κ2) is 7.56. The molecule has 0 aliphatic rings. The molecular formula is C13H17N3O2S. The molecule has 0 bridgehead atoms. The van der Waals surface area contributed by atoms with Crippen LogP contribution in [-0.4, -0.2) is 31.4 Å². The Hall–Kier alpha value is -1.84. The summed E-state index contributed by atoms with van der Waals surface area (Å²) in [5.74, 6) is 5.21. The van der Waals surface area contributed by atoms with Crippen LogP contribution in [0.4, 0.5) is 0 Å². The lowest BCUT2D eigenvalue weighted by molar-refractivity contribution is -0.120. The highest BCUT2D eigenvalue weighted by Crippen LogP contribution is 2.20. The Kier molecular flexibility index (Phi) is 6.06. The van der Waals surface area contributed by atoms with Crippen LogP contribution in [0.1, 0.15) is 27.0 Å². The Morgan fingerprint density at radius 3 is 2.79 bits per heavy atom. The molecule has 6 heteroatoms. The van der Waals surface area contributed by atoms with Gasteiger partial charge in [0, 0.05) is 6.54 Å². The zero-order valence-corrected chi connectivity index (χ0v) is 11.8. The Labute approximate surface area is 116 Å². The highest BCUT2D eigenvalue weighted by molar-refractivity contribution is 7.14. The van der Waals surface area contributed by atoms with E-state index in [9.17, 15) is 9.59 Å². The fraction of sp³-hybridized carbons (Fsp3) is 0.385. The average molecular weight is 279 g/mol. The van der Waals surface area contributed by atoms with Crippen LogP contribution in [0.5, 0.6) is 0 Å². The Morgan fingerprint density at radius 2 is 2.16 bits per heavy atom. The highest BCUT2D eigenvalue weighted by atomic mass is 32.1. The van der Waals surface area contributed by atoms with Gasteiger partial charge in [-0.15, -0.1) is 11.3 Å². The molecule has 5 nitrogen and oxygen atoms in total. The molecule has 0 saturated carbocycles. The molecule has 1 aromatic heterocycles. The molecule has 102 valence electrons. The molecule has 0 aliphatic heterocycles. The van der Waals surface area contributed by atoms with Gasteiger partial charge in [0.05, 0.1) is 22.8 Å². The second-order valence-electron chi connectivity index (χ2n) is 3.76. The van der Waals surface area contributed by atoms with Crippen LogP contribution >= 0.6 is 11.3 Å². The minimum absolute atomic E-state index is 0.0204. The highest BCUT2D eigenvalue weighted by Gasteiger charge is 2.12. The topological polar surface area (TPSA) is 84.2 Å². The number of thiophene rings is 1. The van der Waals surface area contributed by atoms with Gasteiger partial charge in [0.1, 0.15) is 0 Å². The zero-order chi connectivity index (χ0) is 14.3. The maximum Gasteiger partial charge on any atom is 0.261 e. The van der Waals surface area contributed by atoms with Crippen molar-refractivity contribution in [2.24, 2.45) is 5.73 Å². The summed E-state index contributed by atoms with van der Waals surface area (Å²) in [7, 11) is 0. The fourth-order valence-electron chi connectivity index (χ4n) is 1.36. The summed E-state index contributed by atoms with van der Waals surface area (Å²) < 4.78 is 0. The van der Waals surface area contributed by atoms with Gasteiger partial charge >= 0.3 is 0 Å². The van der Waals surface area contributed by atoms with Crippen LogP contribution in [0.2, 0.25) is 0 Å². The molecule has 0 saturated heterocycles. The summed E-state index contributed by atoms with van der Waals surface area (Å²) in [5.41, 5.74) is 6.25. The van der Waals surface area contributed by atoms with Gasteiger partial charge in [0.25, 0.3) is 5.91 Å². The largest absolute Gasteiger partial charge is 0.355 e. The number of rotatable bonds is 4. The quantitative estimate of drug-likeness (QED) is 0.690. The first-order valence-corrected chi connectivity index (χ1v) is 6.74. The van der Waals surface area contributed by atoms with E-state index in [1.807, 2.05) is 13.8 Å². The van der Waals surface area contributed by atoms with E-state index in [1.165, 1.54) is 11.3 Å². The van der Waals surface area contributed by atoms with Gasteiger partial charge in [0.15, 0.2) is 0 Å². The van der Waals surface area contributed by atoms with E-state index in [1.54, 1.807) is 6.07 Å². The lowest BCUT2D eigenvalue weighted by Crippen LogP contribution is -2.36. The number of hydrogen-bond acceptors (Lipinski definition) is 4. The lowest BCUT2D eigenvalue weighted by atomic mass is 10.2. The number of carbonyl (C=O) groups is 2. The van der Waals surface area contributed by atoms with Crippen molar-refractivity contribution in [1.29, 1.82) is 0 Å². The van der Waals surface area contributed by atoms with E-state index in [-0.39, 0.29) is 24.9 Å². The standard InChI is InChI=1S/C13H17N3O2S/c1-3-15-12(17)8-16-13(18)11-7-9(2)10(19-11)5-4-6-14/h7H,3,6,8,14H2,1-2H3,(H,15,17)(H,16,18). The molecule has 0 radical (unpaired) electrons. The van der Waals surface area contributed by atoms with E-state index >= 15 is 0 Å². The number of hydrogen-bond donors (Lipinski definition) is 3. The van der Waals surface area contributed by atoms with Crippen LogP contribution < -0.4 is 16.4 Å². The molecule has 0 aromatic carbocycles. The van der Waals surface area contributed by atoms with Crippen LogP contribution in [0.25, 0.3) is 0 Å². The van der Waals surface area contributed by atoms with Gasteiger partial charge in [0.2, 0.25) is 5.91 Å². The molecule has 4 N–H and O–H groups in total. The third-order valence-electron chi connectivity index (χ3n) is 2.23. The molecule has 0 aliphatic carbocycles. The molecule has 1 heterocycles. The second-order valence-corrected chi connectivity index (χ2v) is 4.82. The SMILES string of the molecule is CCNC(=O)CNC(=O)c1cc(C)c(C#CCN)s1. The average Bonchev–Trinajstić information content (AvgIpc) is 2.75. The van der Waals surface area contributed by atoms with Crippen molar-refractivity contribution in [2.75, 3.05) is 19.6 Å². The number of carbonyl (C=O) groups excluding carboxylic acids is 2. The summed E-state index contributed by atoms with van der Waals surface area (Å²) in [6.07, 6.45) is 0. The Morgan fingerprint density at radius 1 is 1.42 bits per heavy atom. The van der Waals surface area contributed by atoms with Crippen molar-refractivity contribution >= 4 is 23.2 Å². The predicted octanol–water partition coefficient (Wildman–Crippen LogP) is 0.233. The maximum absolute atomic E-state index is 11.8. The maximum atomic E-state index is 11.8. The van der Waals surface area contributed by atoms with Crippen molar-refractivity contribution < 1.29 is 9.59 Å². The van der Waals surface area contributed by atoms with E-state index in [0.717, 1.165) is 10.4 Å². The lowest BCUT2D eigenvalue weighted by Gasteiger charge is -2.03. The van der Waals surface area contributed by atoms with Gasteiger partial charge < -0.3 is 16.4 Å². The molecule has 0 fully saturated rings. The third-order valence-corrected chi connectivity index (χ3v) is 3.38. The smallest absolute Gasteiger partial charge is 0.261 e. The predicted molar refractivity (Wildman–Crippen MR) is 76.0 cm³/mol. The van der Waals surface area contributed by atoms with E-state index in [2.05, 4.69) is 22.5 Å². The van der Waals surface area contributed by atoms with Gasteiger partial charge in [-0.1, -0.05) is 11.8 Å². The summed E-state index contributed by atoms with van der Waals surface area (Å²) in [5, 5.41) is 5.18. The van der Waals surface area contributed by atoms with E-state index in [0.29, 0.717) is 11.4 Å². The number of amides is 2. The summed E-state index contributed by atoms with van der Waals surface area (Å²) in [6.45, 7) is 4.53. The van der Waals surface area contributed by atoms with Gasteiger partial charge in [-0.25, -0.2) is 0 Å².